The van der Waals surface area contributed by atoms with Gasteiger partial charge in [0.2, 0.25) is 0 Å². The van der Waals surface area contributed by atoms with Crippen LogP contribution in [0.2, 0.25) is 0 Å². The van der Waals surface area contributed by atoms with Gasteiger partial charge in [0.15, 0.2) is 5.65 Å². The first-order valence-corrected chi connectivity index (χ1v) is 4.61. The van der Waals surface area contributed by atoms with Crippen LogP contribution in [-0.2, 0) is 4.74 Å². The first-order chi connectivity index (χ1) is 6.72. The van der Waals surface area contributed by atoms with Crippen molar-refractivity contribution < 1.29 is 9.53 Å². The van der Waals surface area contributed by atoms with Crippen molar-refractivity contribution in [3.05, 3.63) is 28.6 Å². The molecule has 0 N–H and O–H groups in total. The molecule has 0 saturated carbocycles. The molecule has 2 aromatic rings. The number of esters is 1. The van der Waals surface area contributed by atoms with Crippen molar-refractivity contribution in [2.45, 2.75) is 0 Å². The number of fused-ring (bicyclic) bond motifs is 1. The molecule has 72 valence electrons. The Balaban J connectivity index is 2.62. The Labute approximate surface area is 87.8 Å². The van der Waals surface area contributed by atoms with Gasteiger partial charge in [-0.1, -0.05) is 6.07 Å². The molecule has 14 heavy (non-hydrogen) atoms. The van der Waals surface area contributed by atoms with E-state index in [9.17, 15) is 4.79 Å². The quantitative estimate of drug-likeness (QED) is 0.569. The first kappa shape index (κ1) is 9.14. The summed E-state index contributed by atoms with van der Waals surface area (Å²) in [6.45, 7) is 0. The minimum atomic E-state index is -0.541. The molecule has 0 amide bonds. The third-order valence-electron chi connectivity index (χ3n) is 1.68. The fourth-order valence-corrected chi connectivity index (χ4v) is 1.46. The molecule has 0 aliphatic carbocycles. The maximum Gasteiger partial charge on any atom is 0.377 e. The summed E-state index contributed by atoms with van der Waals surface area (Å²) in [5.41, 5.74) is 0.597. The summed E-state index contributed by atoms with van der Waals surface area (Å²) in [5, 5.41) is 3.97. The van der Waals surface area contributed by atoms with Crippen molar-refractivity contribution in [3.8, 4) is 0 Å². The van der Waals surface area contributed by atoms with Gasteiger partial charge in [-0.3, -0.25) is 0 Å². The second-order valence-electron chi connectivity index (χ2n) is 2.55. The van der Waals surface area contributed by atoms with Crippen LogP contribution in [0.15, 0.2) is 22.8 Å². The molecule has 2 aromatic heterocycles. The third-order valence-corrected chi connectivity index (χ3v) is 2.28. The number of carbonyl (C=O) groups excluding carboxylic acids is 1. The lowest BCUT2D eigenvalue weighted by Crippen LogP contribution is -2.03. The van der Waals surface area contributed by atoms with Crippen LogP contribution < -0.4 is 0 Å². The number of nitrogens with zero attached hydrogens (tertiary/aromatic N) is 3. The SMILES string of the molecule is COC(=O)c1nc2cccc(Br)n2n1. The molecule has 2 rings (SSSR count). The average Bonchev–Trinajstić information content (AvgIpc) is 2.62. The van der Waals surface area contributed by atoms with Crippen LogP contribution in [0.4, 0.5) is 0 Å². The van der Waals surface area contributed by atoms with Gasteiger partial charge in [-0.15, -0.1) is 5.10 Å². The highest BCUT2D eigenvalue weighted by Crippen LogP contribution is 2.11. The predicted octanol–water partition coefficient (Wildman–Crippen LogP) is 1.28. The number of carbonyl (C=O) groups is 1. The molecule has 0 aliphatic heterocycles. The lowest BCUT2D eigenvalue weighted by atomic mass is 10.5. The summed E-state index contributed by atoms with van der Waals surface area (Å²) in [5.74, 6) is -0.486. The molecule has 0 atom stereocenters. The number of rotatable bonds is 1. The van der Waals surface area contributed by atoms with Crippen LogP contribution in [0.5, 0.6) is 0 Å². The molecule has 0 spiro atoms. The van der Waals surface area contributed by atoms with Gasteiger partial charge in [0, 0.05) is 0 Å². The van der Waals surface area contributed by atoms with Crippen molar-refractivity contribution in [2.75, 3.05) is 7.11 Å². The topological polar surface area (TPSA) is 56.5 Å². The van der Waals surface area contributed by atoms with Crippen molar-refractivity contribution in [2.24, 2.45) is 0 Å². The van der Waals surface area contributed by atoms with Crippen LogP contribution in [0, 0.1) is 0 Å². The number of hydrogen-bond acceptors (Lipinski definition) is 4. The van der Waals surface area contributed by atoms with Gasteiger partial charge < -0.3 is 4.74 Å². The first-order valence-electron chi connectivity index (χ1n) is 3.82. The number of aromatic nitrogens is 3. The molecular weight excluding hydrogens is 250 g/mol. The molecule has 0 radical (unpaired) electrons. The van der Waals surface area contributed by atoms with E-state index in [-0.39, 0.29) is 5.82 Å². The highest BCUT2D eigenvalue weighted by molar-refractivity contribution is 9.10. The van der Waals surface area contributed by atoms with Gasteiger partial charge in [-0.2, -0.15) is 0 Å². The summed E-state index contributed by atoms with van der Waals surface area (Å²) in [6, 6.07) is 5.38. The highest BCUT2D eigenvalue weighted by Gasteiger charge is 2.13. The molecule has 2 heterocycles. The number of halogens is 1. The normalized spacial score (nSPS) is 10.4. The zero-order valence-corrected chi connectivity index (χ0v) is 8.85. The van der Waals surface area contributed by atoms with Crippen molar-refractivity contribution >= 4 is 27.5 Å². The Kier molecular flexibility index (Phi) is 2.20. The average molecular weight is 256 g/mol. The number of ether oxygens (including phenoxy) is 1. The second kappa shape index (κ2) is 3.38. The van der Waals surface area contributed by atoms with E-state index in [4.69, 9.17) is 0 Å². The lowest BCUT2D eigenvalue weighted by Gasteiger charge is -1.92. The van der Waals surface area contributed by atoms with E-state index in [0.29, 0.717) is 5.65 Å². The molecule has 0 aromatic carbocycles. The molecule has 0 unspecified atom stereocenters. The van der Waals surface area contributed by atoms with E-state index in [1.54, 1.807) is 6.07 Å². The number of hydrogen-bond donors (Lipinski definition) is 0. The van der Waals surface area contributed by atoms with Gasteiger partial charge >= 0.3 is 5.97 Å². The number of pyridine rings is 1. The van der Waals surface area contributed by atoms with Gasteiger partial charge in [0.25, 0.3) is 5.82 Å². The predicted molar refractivity (Wildman–Crippen MR) is 52.0 cm³/mol. The highest BCUT2D eigenvalue weighted by atomic mass is 79.9. The van der Waals surface area contributed by atoms with E-state index in [1.165, 1.54) is 11.6 Å². The van der Waals surface area contributed by atoms with E-state index < -0.39 is 5.97 Å². The van der Waals surface area contributed by atoms with E-state index in [0.717, 1.165) is 4.60 Å². The second-order valence-corrected chi connectivity index (χ2v) is 3.36. The fourth-order valence-electron chi connectivity index (χ4n) is 1.05. The summed E-state index contributed by atoms with van der Waals surface area (Å²) >= 11 is 3.29. The smallest absolute Gasteiger partial charge is 0.377 e. The molecular formula is C8H6BrN3O2. The van der Waals surface area contributed by atoms with E-state index in [2.05, 4.69) is 30.7 Å². The molecule has 0 fully saturated rings. The summed E-state index contributed by atoms with van der Waals surface area (Å²) in [6.07, 6.45) is 0. The van der Waals surface area contributed by atoms with E-state index >= 15 is 0 Å². The van der Waals surface area contributed by atoms with Gasteiger partial charge in [-0.25, -0.2) is 14.3 Å². The summed E-state index contributed by atoms with van der Waals surface area (Å²) < 4.78 is 6.77. The summed E-state index contributed by atoms with van der Waals surface area (Å²) in [4.78, 5) is 15.1. The molecule has 0 aliphatic rings. The van der Waals surface area contributed by atoms with Gasteiger partial charge in [-0.05, 0) is 28.1 Å². The maximum absolute atomic E-state index is 11.1. The zero-order chi connectivity index (χ0) is 10.1. The minimum Gasteiger partial charge on any atom is -0.463 e. The largest absolute Gasteiger partial charge is 0.463 e. The Bertz CT molecular complexity index is 494. The van der Waals surface area contributed by atoms with Crippen LogP contribution in [0.3, 0.4) is 0 Å². The van der Waals surface area contributed by atoms with Crippen molar-refractivity contribution in [3.63, 3.8) is 0 Å². The Hall–Kier alpha value is -1.43. The molecule has 0 bridgehead atoms. The summed E-state index contributed by atoms with van der Waals surface area (Å²) in [7, 11) is 1.29. The molecule has 5 nitrogen and oxygen atoms in total. The van der Waals surface area contributed by atoms with Crippen LogP contribution in [0.25, 0.3) is 5.65 Å². The Morgan fingerprint density at radius 1 is 1.57 bits per heavy atom. The molecule has 0 saturated heterocycles. The lowest BCUT2D eigenvalue weighted by molar-refractivity contribution is 0.0587. The number of methoxy groups -OCH3 is 1. The minimum absolute atomic E-state index is 0.0550. The Morgan fingerprint density at radius 2 is 2.36 bits per heavy atom. The van der Waals surface area contributed by atoms with Gasteiger partial charge in [0.1, 0.15) is 4.60 Å². The molecule has 6 heteroatoms. The monoisotopic (exact) mass is 255 g/mol. The van der Waals surface area contributed by atoms with Gasteiger partial charge in [0.05, 0.1) is 7.11 Å². The van der Waals surface area contributed by atoms with Crippen molar-refractivity contribution in [1.82, 2.24) is 14.6 Å². The standard InChI is InChI=1S/C8H6BrN3O2/c1-14-8(13)7-10-6-4-2-3-5(9)12(6)11-7/h2-4H,1H3. The Morgan fingerprint density at radius 3 is 3.00 bits per heavy atom. The van der Waals surface area contributed by atoms with Crippen LogP contribution in [0.1, 0.15) is 10.6 Å². The van der Waals surface area contributed by atoms with E-state index in [1.807, 2.05) is 12.1 Å². The zero-order valence-electron chi connectivity index (χ0n) is 7.27. The maximum atomic E-state index is 11.1. The van der Waals surface area contributed by atoms with Crippen molar-refractivity contribution in [1.29, 1.82) is 0 Å². The fraction of sp³-hybridized carbons (Fsp3) is 0.125. The third kappa shape index (κ3) is 1.37. The van der Waals surface area contributed by atoms with Crippen LogP contribution >= 0.6 is 15.9 Å². The van der Waals surface area contributed by atoms with Crippen LogP contribution in [-0.4, -0.2) is 27.7 Å².